The van der Waals surface area contributed by atoms with Gasteiger partial charge in [-0.05, 0) is 0 Å². The first-order valence-electron chi connectivity index (χ1n) is 3.50. The number of hydrogen-bond acceptors (Lipinski definition) is 3. The van der Waals surface area contributed by atoms with E-state index in [1.807, 2.05) is 0 Å². The van der Waals surface area contributed by atoms with Crippen LogP contribution in [0.15, 0.2) is 0 Å². The molecule has 0 radical (unpaired) electrons. The summed E-state index contributed by atoms with van der Waals surface area (Å²) in [6.45, 7) is -0.960. The minimum Gasteiger partial charge on any atom is -0.459 e. The first-order chi connectivity index (χ1) is 6.22. The normalized spacial score (nSPS) is 22.9. The molecular weight excluding hydrogens is 215 g/mol. The maximum atomic E-state index is 12.1. The van der Waals surface area contributed by atoms with Crippen LogP contribution in [-0.2, 0) is 14.3 Å². The first-order valence-corrected chi connectivity index (χ1v) is 3.50. The molecule has 0 aromatic rings. The number of rotatable bonds is 3. The van der Waals surface area contributed by atoms with E-state index >= 15 is 0 Å². The lowest BCUT2D eigenvalue weighted by Gasteiger charge is -2.27. The van der Waals surface area contributed by atoms with Gasteiger partial charge < -0.3 is 9.47 Å². The van der Waals surface area contributed by atoms with Crippen molar-refractivity contribution in [2.24, 2.45) is 0 Å². The van der Waals surface area contributed by atoms with Gasteiger partial charge in [-0.2, -0.15) is 22.0 Å². The van der Waals surface area contributed by atoms with Crippen molar-refractivity contribution in [3.8, 4) is 0 Å². The summed E-state index contributed by atoms with van der Waals surface area (Å²) < 4.78 is 66.1. The van der Waals surface area contributed by atoms with Gasteiger partial charge in [0.25, 0.3) is 0 Å². The molecule has 0 amide bonds. The molecule has 8 heteroatoms. The SMILES string of the molecule is O=C1CC(COC(F)(F)C(F)(F)F)O1. The Labute approximate surface area is 74.8 Å². The number of hydrogen-bond donors (Lipinski definition) is 0. The minimum atomic E-state index is -5.75. The van der Waals surface area contributed by atoms with E-state index < -0.39 is 31.0 Å². The van der Waals surface area contributed by atoms with Crippen LogP contribution < -0.4 is 0 Å². The highest BCUT2D eigenvalue weighted by atomic mass is 19.4. The summed E-state index contributed by atoms with van der Waals surface area (Å²) >= 11 is 0. The van der Waals surface area contributed by atoms with Gasteiger partial charge in [0.05, 0.1) is 13.0 Å². The van der Waals surface area contributed by atoms with E-state index in [0.29, 0.717) is 0 Å². The second kappa shape index (κ2) is 3.34. The zero-order valence-corrected chi connectivity index (χ0v) is 6.61. The summed E-state index contributed by atoms with van der Waals surface area (Å²) in [4.78, 5) is 10.1. The van der Waals surface area contributed by atoms with E-state index in [2.05, 4.69) is 9.47 Å². The average Bonchev–Trinajstić information content (AvgIpc) is 1.93. The fourth-order valence-electron chi connectivity index (χ4n) is 0.735. The van der Waals surface area contributed by atoms with E-state index in [1.54, 1.807) is 0 Å². The average molecular weight is 220 g/mol. The van der Waals surface area contributed by atoms with Gasteiger partial charge in [-0.25, -0.2) is 0 Å². The van der Waals surface area contributed by atoms with Crippen LogP contribution in [0, 0.1) is 0 Å². The molecule has 0 spiro atoms. The molecule has 0 aromatic carbocycles. The molecule has 1 heterocycles. The molecule has 14 heavy (non-hydrogen) atoms. The molecule has 1 aliphatic rings. The smallest absolute Gasteiger partial charge is 0.459 e. The number of carbonyl (C=O) groups is 1. The molecule has 1 aliphatic heterocycles. The van der Waals surface area contributed by atoms with Crippen molar-refractivity contribution in [1.82, 2.24) is 0 Å². The van der Waals surface area contributed by atoms with Gasteiger partial charge in [-0.3, -0.25) is 4.79 Å². The fourth-order valence-corrected chi connectivity index (χ4v) is 0.735. The van der Waals surface area contributed by atoms with Crippen molar-refractivity contribution in [3.63, 3.8) is 0 Å². The molecule has 0 aromatic heterocycles. The van der Waals surface area contributed by atoms with Gasteiger partial charge >= 0.3 is 18.3 Å². The number of ether oxygens (including phenoxy) is 2. The van der Waals surface area contributed by atoms with Crippen LogP contribution in [0.4, 0.5) is 22.0 Å². The quantitative estimate of drug-likeness (QED) is 0.533. The molecule has 0 aliphatic carbocycles. The van der Waals surface area contributed by atoms with Gasteiger partial charge in [0.2, 0.25) is 0 Å². The lowest BCUT2D eigenvalue weighted by atomic mass is 10.2. The molecule has 3 nitrogen and oxygen atoms in total. The van der Waals surface area contributed by atoms with Gasteiger partial charge in [-0.1, -0.05) is 0 Å². The highest BCUT2D eigenvalue weighted by molar-refractivity contribution is 5.75. The van der Waals surface area contributed by atoms with Gasteiger partial charge in [0.1, 0.15) is 6.10 Å². The predicted molar refractivity (Wildman–Crippen MR) is 31.5 cm³/mol. The Kier molecular flexibility index (Phi) is 2.66. The van der Waals surface area contributed by atoms with Crippen LogP contribution in [0.2, 0.25) is 0 Å². The second-order valence-corrected chi connectivity index (χ2v) is 2.64. The summed E-state index contributed by atoms with van der Waals surface area (Å²) in [5.74, 6) is -0.645. The topological polar surface area (TPSA) is 35.5 Å². The largest absolute Gasteiger partial charge is 0.482 e. The van der Waals surface area contributed by atoms with Crippen molar-refractivity contribution < 1.29 is 36.2 Å². The van der Waals surface area contributed by atoms with Crippen LogP contribution in [0.25, 0.3) is 0 Å². The van der Waals surface area contributed by atoms with Gasteiger partial charge in [-0.15, -0.1) is 0 Å². The predicted octanol–water partition coefficient (Wildman–Crippen LogP) is 1.47. The Bertz CT molecular complexity index is 228. The number of halogens is 5. The molecule has 0 N–H and O–H groups in total. The summed E-state index contributed by atoms with van der Waals surface area (Å²) in [7, 11) is 0. The molecule has 1 fully saturated rings. The standard InChI is InChI=1S/C6H5F5O3/c7-5(8,9)6(10,11)13-2-3-1-4(12)14-3/h3H,1-2H2. The Morgan fingerprint density at radius 1 is 1.36 bits per heavy atom. The molecule has 0 saturated carbocycles. The summed E-state index contributed by atoms with van der Waals surface area (Å²) in [6, 6.07) is 0. The Hall–Kier alpha value is -0.920. The minimum absolute atomic E-state index is 0.200. The van der Waals surface area contributed by atoms with E-state index in [1.165, 1.54) is 0 Å². The molecular formula is C6H5F5O3. The lowest BCUT2D eigenvalue weighted by molar-refractivity contribution is -0.395. The summed E-state index contributed by atoms with van der Waals surface area (Å²) in [6.07, 6.45) is -12.2. The van der Waals surface area contributed by atoms with Gasteiger partial charge in [0.15, 0.2) is 0 Å². The van der Waals surface area contributed by atoms with Crippen molar-refractivity contribution in [2.75, 3.05) is 6.61 Å². The van der Waals surface area contributed by atoms with Crippen molar-refractivity contribution in [1.29, 1.82) is 0 Å². The third-order valence-corrected chi connectivity index (χ3v) is 1.47. The third kappa shape index (κ3) is 2.31. The fraction of sp³-hybridized carbons (Fsp3) is 0.833. The summed E-state index contributed by atoms with van der Waals surface area (Å²) in [5, 5.41) is 0. The number of cyclic esters (lactones) is 1. The number of esters is 1. The Morgan fingerprint density at radius 2 is 1.86 bits per heavy atom. The highest BCUT2D eigenvalue weighted by Crippen LogP contribution is 2.36. The molecule has 1 saturated heterocycles. The zero-order chi connectivity index (χ0) is 11.0. The van der Waals surface area contributed by atoms with Gasteiger partial charge in [0, 0.05) is 0 Å². The highest BCUT2D eigenvalue weighted by Gasteiger charge is 2.60. The molecule has 1 atom stereocenters. The van der Waals surface area contributed by atoms with Crippen LogP contribution in [0.5, 0.6) is 0 Å². The Balaban J connectivity index is 2.33. The molecule has 0 bridgehead atoms. The van der Waals surface area contributed by atoms with E-state index in [4.69, 9.17) is 0 Å². The molecule has 1 unspecified atom stereocenters. The summed E-state index contributed by atoms with van der Waals surface area (Å²) in [5.41, 5.74) is 0. The molecule has 82 valence electrons. The van der Waals surface area contributed by atoms with Crippen LogP contribution >= 0.6 is 0 Å². The molecule has 1 rings (SSSR count). The van der Waals surface area contributed by atoms with E-state index in [-0.39, 0.29) is 6.42 Å². The van der Waals surface area contributed by atoms with E-state index in [9.17, 15) is 26.7 Å². The van der Waals surface area contributed by atoms with Crippen LogP contribution in [0.3, 0.4) is 0 Å². The van der Waals surface area contributed by atoms with Crippen LogP contribution in [-0.4, -0.2) is 31.0 Å². The third-order valence-electron chi connectivity index (χ3n) is 1.47. The zero-order valence-electron chi connectivity index (χ0n) is 6.61. The second-order valence-electron chi connectivity index (χ2n) is 2.64. The monoisotopic (exact) mass is 220 g/mol. The Morgan fingerprint density at radius 3 is 2.21 bits per heavy atom. The number of alkyl halides is 5. The first kappa shape index (κ1) is 11.2. The van der Waals surface area contributed by atoms with Crippen molar-refractivity contribution in [3.05, 3.63) is 0 Å². The maximum Gasteiger partial charge on any atom is 0.482 e. The van der Waals surface area contributed by atoms with Crippen LogP contribution in [0.1, 0.15) is 6.42 Å². The van der Waals surface area contributed by atoms with E-state index in [0.717, 1.165) is 0 Å². The van der Waals surface area contributed by atoms with Crippen molar-refractivity contribution in [2.45, 2.75) is 24.8 Å². The number of carbonyl (C=O) groups excluding carboxylic acids is 1. The van der Waals surface area contributed by atoms with Crippen molar-refractivity contribution >= 4 is 5.97 Å². The maximum absolute atomic E-state index is 12.1. The lowest BCUT2D eigenvalue weighted by Crippen LogP contribution is -2.44.